The smallest absolute Gasteiger partial charge is 0.255 e. The summed E-state index contributed by atoms with van der Waals surface area (Å²) in [5, 5.41) is 4.66. The quantitative estimate of drug-likeness (QED) is 0.521. The molecule has 1 aromatic heterocycles. The molecule has 0 saturated carbocycles. The number of amides is 1. The summed E-state index contributed by atoms with van der Waals surface area (Å²) >= 11 is 0. The van der Waals surface area contributed by atoms with Gasteiger partial charge in [-0.15, -0.1) is 0 Å². The molecule has 3 aromatic carbocycles. The molecule has 1 amide bonds. The summed E-state index contributed by atoms with van der Waals surface area (Å²) in [6.07, 6.45) is 0. The molecule has 30 heavy (non-hydrogen) atoms. The third kappa shape index (κ3) is 3.40. The van der Waals surface area contributed by atoms with E-state index in [1.807, 2.05) is 30.3 Å². The van der Waals surface area contributed by atoms with Crippen molar-refractivity contribution in [3.63, 3.8) is 0 Å². The third-order valence-electron chi connectivity index (χ3n) is 4.84. The van der Waals surface area contributed by atoms with E-state index < -0.39 is 15.9 Å². The molecule has 0 aliphatic heterocycles. The number of sulfonamides is 1. The van der Waals surface area contributed by atoms with Crippen LogP contribution in [0.2, 0.25) is 0 Å². The van der Waals surface area contributed by atoms with Gasteiger partial charge < -0.3 is 14.5 Å². The minimum atomic E-state index is -3.56. The lowest BCUT2D eigenvalue weighted by molar-refractivity contribution is 0.102. The largest absolute Gasteiger partial charge is 0.495 e. The topological polar surface area (TPSA) is 88.8 Å². The maximum atomic E-state index is 12.7. The maximum absolute atomic E-state index is 12.7. The SMILES string of the molecule is COc1cc2c(cc1NC(=O)c1ccc(S(=O)(=O)N(C)C)cc1)oc1ccccc12. The first-order valence-corrected chi connectivity index (χ1v) is 10.6. The van der Waals surface area contributed by atoms with E-state index in [1.54, 1.807) is 6.07 Å². The number of carbonyl (C=O) groups is 1. The van der Waals surface area contributed by atoms with E-state index in [0.717, 1.165) is 20.7 Å². The zero-order chi connectivity index (χ0) is 21.5. The van der Waals surface area contributed by atoms with Gasteiger partial charge in [-0.05, 0) is 36.4 Å². The Bertz CT molecular complexity index is 1360. The summed E-state index contributed by atoms with van der Waals surface area (Å²) in [5.41, 5.74) is 2.15. The molecule has 154 valence electrons. The number of nitrogens with one attached hydrogen (secondary N) is 1. The van der Waals surface area contributed by atoms with Gasteiger partial charge in [-0.1, -0.05) is 18.2 Å². The number of ether oxygens (including phenoxy) is 1. The van der Waals surface area contributed by atoms with E-state index in [2.05, 4.69) is 5.32 Å². The van der Waals surface area contributed by atoms with E-state index in [9.17, 15) is 13.2 Å². The highest BCUT2D eigenvalue weighted by Crippen LogP contribution is 2.36. The molecular weight excluding hydrogens is 404 g/mol. The lowest BCUT2D eigenvalue weighted by Crippen LogP contribution is -2.22. The predicted molar refractivity (Wildman–Crippen MR) is 116 cm³/mol. The molecule has 0 saturated heterocycles. The van der Waals surface area contributed by atoms with E-state index >= 15 is 0 Å². The van der Waals surface area contributed by atoms with Crippen molar-refractivity contribution in [2.45, 2.75) is 4.90 Å². The number of furan rings is 1. The number of benzene rings is 3. The summed E-state index contributed by atoms with van der Waals surface area (Å²) in [4.78, 5) is 12.8. The number of methoxy groups -OCH3 is 1. The summed E-state index contributed by atoms with van der Waals surface area (Å²) in [6, 6.07) is 17.0. The van der Waals surface area contributed by atoms with Gasteiger partial charge in [0, 0.05) is 36.5 Å². The van der Waals surface area contributed by atoms with Crippen LogP contribution < -0.4 is 10.1 Å². The summed E-state index contributed by atoms with van der Waals surface area (Å²) in [7, 11) is 0.881. The van der Waals surface area contributed by atoms with Gasteiger partial charge in [0.2, 0.25) is 10.0 Å². The molecular formula is C22H20N2O5S. The Hall–Kier alpha value is -3.36. The molecule has 7 nitrogen and oxygen atoms in total. The highest BCUT2D eigenvalue weighted by atomic mass is 32.2. The molecule has 4 rings (SSSR count). The fourth-order valence-electron chi connectivity index (χ4n) is 3.20. The molecule has 1 heterocycles. The maximum Gasteiger partial charge on any atom is 0.255 e. The van der Waals surface area contributed by atoms with Crippen LogP contribution in [-0.4, -0.2) is 39.8 Å². The highest BCUT2D eigenvalue weighted by Gasteiger charge is 2.19. The monoisotopic (exact) mass is 424 g/mol. The van der Waals surface area contributed by atoms with Crippen LogP contribution in [0.5, 0.6) is 5.75 Å². The van der Waals surface area contributed by atoms with Crippen molar-refractivity contribution in [2.75, 3.05) is 26.5 Å². The van der Waals surface area contributed by atoms with E-state index in [1.165, 1.54) is 45.5 Å². The summed E-state index contributed by atoms with van der Waals surface area (Å²) < 4.78 is 36.8. The average Bonchev–Trinajstić information content (AvgIpc) is 3.10. The number of nitrogens with zero attached hydrogens (tertiary/aromatic N) is 1. The van der Waals surface area contributed by atoms with E-state index in [-0.39, 0.29) is 4.90 Å². The normalized spacial score (nSPS) is 11.9. The Morgan fingerprint density at radius 2 is 1.67 bits per heavy atom. The number of carbonyl (C=O) groups excluding carboxylic acids is 1. The molecule has 0 aliphatic carbocycles. The molecule has 0 fully saturated rings. The van der Waals surface area contributed by atoms with Crippen molar-refractivity contribution in [3.05, 3.63) is 66.2 Å². The van der Waals surface area contributed by atoms with Crippen LogP contribution in [0.1, 0.15) is 10.4 Å². The van der Waals surface area contributed by atoms with Gasteiger partial charge in [0.25, 0.3) is 5.91 Å². The second-order valence-corrected chi connectivity index (χ2v) is 9.06. The van der Waals surface area contributed by atoms with E-state index in [0.29, 0.717) is 22.6 Å². The first-order valence-electron chi connectivity index (χ1n) is 9.14. The highest BCUT2D eigenvalue weighted by molar-refractivity contribution is 7.89. The standard InChI is InChI=1S/C22H20N2O5S/c1-24(2)30(26,27)15-10-8-14(9-11-15)22(25)23-18-13-20-17(12-21(18)28-3)16-6-4-5-7-19(16)29-20/h4-13H,1-3H3,(H,23,25). The van der Waals surface area contributed by atoms with Crippen molar-refractivity contribution >= 4 is 43.6 Å². The van der Waals surface area contributed by atoms with Crippen molar-refractivity contribution < 1.29 is 22.4 Å². The molecule has 0 aliphatic rings. The van der Waals surface area contributed by atoms with Gasteiger partial charge in [-0.3, -0.25) is 4.79 Å². The third-order valence-corrected chi connectivity index (χ3v) is 6.67. The zero-order valence-electron chi connectivity index (χ0n) is 16.7. The minimum absolute atomic E-state index is 0.116. The second kappa shape index (κ2) is 7.47. The molecule has 0 radical (unpaired) electrons. The van der Waals surface area contributed by atoms with Gasteiger partial charge in [0.15, 0.2) is 0 Å². The number of fused-ring (bicyclic) bond motifs is 3. The second-order valence-electron chi connectivity index (χ2n) is 6.91. The molecule has 0 unspecified atom stereocenters. The predicted octanol–water partition coefficient (Wildman–Crippen LogP) is 4.10. The Labute approximate surface area is 173 Å². The van der Waals surface area contributed by atoms with Crippen LogP contribution >= 0.6 is 0 Å². The molecule has 8 heteroatoms. The summed E-state index contributed by atoms with van der Waals surface area (Å²) in [6.45, 7) is 0. The minimum Gasteiger partial charge on any atom is -0.495 e. The van der Waals surface area contributed by atoms with Crippen molar-refractivity contribution in [1.29, 1.82) is 0 Å². The van der Waals surface area contributed by atoms with Crippen molar-refractivity contribution in [2.24, 2.45) is 0 Å². The van der Waals surface area contributed by atoms with Crippen LogP contribution in [0.4, 0.5) is 5.69 Å². The first-order chi connectivity index (χ1) is 14.3. The Morgan fingerprint density at radius 3 is 2.33 bits per heavy atom. The fourth-order valence-corrected chi connectivity index (χ4v) is 4.10. The lowest BCUT2D eigenvalue weighted by atomic mass is 10.1. The molecule has 4 aromatic rings. The van der Waals surface area contributed by atoms with Crippen LogP contribution in [-0.2, 0) is 10.0 Å². The average molecular weight is 424 g/mol. The molecule has 0 spiro atoms. The number of para-hydroxylation sites is 1. The Kier molecular flexibility index (Phi) is 4.97. The molecule has 1 N–H and O–H groups in total. The van der Waals surface area contributed by atoms with Crippen LogP contribution in [0.3, 0.4) is 0 Å². The van der Waals surface area contributed by atoms with Gasteiger partial charge >= 0.3 is 0 Å². The number of hydrogen-bond acceptors (Lipinski definition) is 5. The van der Waals surface area contributed by atoms with Crippen LogP contribution in [0.15, 0.2) is 70.0 Å². The Balaban J connectivity index is 1.66. The first kappa shape index (κ1) is 19.9. The molecule has 0 bridgehead atoms. The van der Waals surface area contributed by atoms with Crippen LogP contribution in [0, 0.1) is 0 Å². The van der Waals surface area contributed by atoms with Gasteiger partial charge in [-0.25, -0.2) is 12.7 Å². The van der Waals surface area contributed by atoms with Crippen molar-refractivity contribution in [1.82, 2.24) is 4.31 Å². The van der Waals surface area contributed by atoms with Gasteiger partial charge in [-0.2, -0.15) is 0 Å². The molecule has 0 atom stereocenters. The number of anilines is 1. The zero-order valence-corrected chi connectivity index (χ0v) is 17.5. The number of hydrogen-bond donors (Lipinski definition) is 1. The summed E-state index contributed by atoms with van der Waals surface area (Å²) in [5.74, 6) is 0.103. The van der Waals surface area contributed by atoms with E-state index in [4.69, 9.17) is 9.15 Å². The van der Waals surface area contributed by atoms with Crippen LogP contribution in [0.25, 0.3) is 21.9 Å². The lowest BCUT2D eigenvalue weighted by Gasteiger charge is -2.12. The number of rotatable bonds is 5. The fraction of sp³-hybridized carbons (Fsp3) is 0.136. The Morgan fingerprint density at radius 1 is 0.967 bits per heavy atom. The van der Waals surface area contributed by atoms with Crippen molar-refractivity contribution in [3.8, 4) is 5.75 Å². The van der Waals surface area contributed by atoms with Gasteiger partial charge in [0.05, 0.1) is 17.7 Å². The van der Waals surface area contributed by atoms with Gasteiger partial charge in [0.1, 0.15) is 16.9 Å².